The van der Waals surface area contributed by atoms with Gasteiger partial charge in [0.25, 0.3) is 0 Å². The van der Waals surface area contributed by atoms with E-state index in [2.05, 4.69) is 27.2 Å². The molecule has 0 radical (unpaired) electrons. The molecule has 9 heteroatoms. The highest BCUT2D eigenvalue weighted by molar-refractivity contribution is 8.00. The maximum Gasteiger partial charge on any atom is 0.232 e. The summed E-state index contributed by atoms with van der Waals surface area (Å²) in [5.74, 6) is 0.864. The third kappa shape index (κ3) is 4.14. The fourth-order valence-corrected chi connectivity index (χ4v) is 4.06. The second kappa shape index (κ2) is 8.22. The SMILES string of the molecule is CC1CCN(C(=O)CSc2ncnc3c2nnn3Cc2ccc(F)cc2)CC1. The Morgan fingerprint density at radius 3 is 2.71 bits per heavy atom. The van der Waals surface area contributed by atoms with Gasteiger partial charge in [-0.2, -0.15) is 0 Å². The summed E-state index contributed by atoms with van der Waals surface area (Å²) in [6, 6.07) is 6.24. The Bertz CT molecular complexity index is 968. The maximum atomic E-state index is 13.1. The summed E-state index contributed by atoms with van der Waals surface area (Å²) in [7, 11) is 0. The van der Waals surface area contributed by atoms with Crippen molar-refractivity contribution in [3.8, 4) is 0 Å². The number of amides is 1. The molecule has 0 N–H and O–H groups in total. The van der Waals surface area contributed by atoms with Crippen molar-refractivity contribution in [3.05, 3.63) is 42.0 Å². The lowest BCUT2D eigenvalue weighted by atomic mass is 9.99. The number of carbonyl (C=O) groups is 1. The van der Waals surface area contributed by atoms with E-state index in [9.17, 15) is 9.18 Å². The molecule has 0 saturated carbocycles. The first-order valence-electron chi connectivity index (χ1n) is 9.29. The molecule has 2 aromatic heterocycles. The van der Waals surface area contributed by atoms with Gasteiger partial charge in [0.05, 0.1) is 12.3 Å². The van der Waals surface area contributed by atoms with Gasteiger partial charge in [0.2, 0.25) is 5.91 Å². The summed E-state index contributed by atoms with van der Waals surface area (Å²) in [5.41, 5.74) is 2.08. The number of nitrogens with zero attached hydrogens (tertiary/aromatic N) is 6. The van der Waals surface area contributed by atoms with Gasteiger partial charge in [-0.25, -0.2) is 19.0 Å². The van der Waals surface area contributed by atoms with Crippen LogP contribution in [-0.2, 0) is 11.3 Å². The molecule has 0 atom stereocenters. The number of fused-ring (bicyclic) bond motifs is 1. The van der Waals surface area contributed by atoms with Crippen LogP contribution in [0.1, 0.15) is 25.3 Å². The van der Waals surface area contributed by atoms with E-state index in [0.717, 1.165) is 31.5 Å². The topological polar surface area (TPSA) is 76.8 Å². The van der Waals surface area contributed by atoms with Crippen molar-refractivity contribution >= 4 is 28.8 Å². The summed E-state index contributed by atoms with van der Waals surface area (Å²) in [5, 5.41) is 9.01. The second-order valence-corrected chi connectivity index (χ2v) is 8.04. The van der Waals surface area contributed by atoms with Crippen LogP contribution in [0.15, 0.2) is 35.6 Å². The zero-order valence-electron chi connectivity index (χ0n) is 15.6. The van der Waals surface area contributed by atoms with E-state index in [0.29, 0.717) is 34.4 Å². The number of hydrogen-bond acceptors (Lipinski definition) is 6. The highest BCUT2D eigenvalue weighted by Gasteiger charge is 2.21. The largest absolute Gasteiger partial charge is 0.342 e. The van der Waals surface area contributed by atoms with Crippen LogP contribution in [-0.4, -0.2) is 54.6 Å². The molecule has 1 fully saturated rings. The van der Waals surface area contributed by atoms with Gasteiger partial charge in [0, 0.05) is 13.1 Å². The maximum absolute atomic E-state index is 13.1. The van der Waals surface area contributed by atoms with E-state index >= 15 is 0 Å². The number of likely N-dealkylation sites (tertiary alicyclic amines) is 1. The Labute approximate surface area is 166 Å². The van der Waals surface area contributed by atoms with Crippen LogP contribution in [0.5, 0.6) is 0 Å². The Hall–Kier alpha value is -2.55. The van der Waals surface area contributed by atoms with Gasteiger partial charge in [0.15, 0.2) is 11.2 Å². The number of carbonyl (C=O) groups excluding carboxylic acids is 1. The standard InChI is InChI=1S/C19H21FN6OS/c1-13-6-8-25(9-7-13)16(27)11-28-19-17-18(21-12-22-19)26(24-23-17)10-14-2-4-15(20)5-3-14/h2-5,12-13H,6-11H2,1H3. The van der Waals surface area contributed by atoms with Crippen molar-refractivity contribution in [2.24, 2.45) is 5.92 Å². The van der Waals surface area contributed by atoms with E-state index in [-0.39, 0.29) is 11.7 Å². The van der Waals surface area contributed by atoms with Crippen LogP contribution in [0, 0.1) is 11.7 Å². The van der Waals surface area contributed by atoms with E-state index in [1.54, 1.807) is 16.8 Å². The molecule has 146 valence electrons. The number of benzene rings is 1. The minimum atomic E-state index is -0.277. The van der Waals surface area contributed by atoms with E-state index in [1.807, 2.05) is 4.90 Å². The summed E-state index contributed by atoms with van der Waals surface area (Å²) in [6.45, 7) is 4.31. The van der Waals surface area contributed by atoms with Crippen LogP contribution < -0.4 is 0 Å². The lowest BCUT2D eigenvalue weighted by Gasteiger charge is -2.30. The van der Waals surface area contributed by atoms with Crippen molar-refractivity contribution in [3.63, 3.8) is 0 Å². The van der Waals surface area contributed by atoms with Gasteiger partial charge in [-0.1, -0.05) is 36.0 Å². The highest BCUT2D eigenvalue weighted by atomic mass is 32.2. The molecule has 1 aromatic carbocycles. The summed E-state index contributed by atoms with van der Waals surface area (Å²) < 4.78 is 14.7. The monoisotopic (exact) mass is 400 g/mol. The van der Waals surface area contributed by atoms with Crippen LogP contribution >= 0.6 is 11.8 Å². The van der Waals surface area contributed by atoms with E-state index in [4.69, 9.17) is 0 Å². The first kappa shape index (κ1) is 18.8. The first-order valence-corrected chi connectivity index (χ1v) is 10.3. The second-order valence-electron chi connectivity index (χ2n) is 7.08. The number of hydrogen-bond donors (Lipinski definition) is 0. The molecule has 0 unspecified atom stereocenters. The molecule has 1 saturated heterocycles. The van der Waals surface area contributed by atoms with Gasteiger partial charge in [-0.3, -0.25) is 4.79 Å². The fraction of sp³-hybridized carbons (Fsp3) is 0.421. The Balaban J connectivity index is 1.45. The van der Waals surface area contributed by atoms with Gasteiger partial charge in [0.1, 0.15) is 17.2 Å². The van der Waals surface area contributed by atoms with Gasteiger partial charge in [-0.05, 0) is 36.5 Å². The predicted molar refractivity (Wildman–Crippen MR) is 104 cm³/mol. The minimum Gasteiger partial charge on any atom is -0.342 e. The Kier molecular flexibility index (Phi) is 5.52. The zero-order valence-corrected chi connectivity index (χ0v) is 16.4. The molecule has 28 heavy (non-hydrogen) atoms. The van der Waals surface area contributed by atoms with Crippen molar-refractivity contribution in [2.75, 3.05) is 18.8 Å². The molecule has 1 amide bonds. The van der Waals surface area contributed by atoms with Crippen LogP contribution in [0.3, 0.4) is 0 Å². The van der Waals surface area contributed by atoms with Crippen LogP contribution in [0.25, 0.3) is 11.2 Å². The van der Waals surface area contributed by atoms with Crippen LogP contribution in [0.4, 0.5) is 4.39 Å². The smallest absolute Gasteiger partial charge is 0.232 e. The van der Waals surface area contributed by atoms with Gasteiger partial charge < -0.3 is 4.90 Å². The third-order valence-corrected chi connectivity index (χ3v) is 5.94. The molecule has 1 aliphatic heterocycles. The number of thioether (sulfide) groups is 1. The zero-order chi connectivity index (χ0) is 19.5. The Morgan fingerprint density at radius 1 is 1.21 bits per heavy atom. The van der Waals surface area contributed by atoms with E-state index < -0.39 is 0 Å². The lowest BCUT2D eigenvalue weighted by Crippen LogP contribution is -2.38. The molecular weight excluding hydrogens is 379 g/mol. The molecule has 7 nitrogen and oxygen atoms in total. The van der Waals surface area contributed by atoms with Crippen molar-refractivity contribution in [1.82, 2.24) is 29.9 Å². The summed E-state index contributed by atoms with van der Waals surface area (Å²) in [6.07, 6.45) is 3.58. The van der Waals surface area contributed by atoms with Crippen molar-refractivity contribution < 1.29 is 9.18 Å². The average Bonchev–Trinajstić information content (AvgIpc) is 3.12. The molecule has 0 bridgehead atoms. The summed E-state index contributed by atoms with van der Waals surface area (Å²) >= 11 is 1.37. The van der Waals surface area contributed by atoms with Crippen molar-refractivity contribution in [2.45, 2.75) is 31.3 Å². The van der Waals surface area contributed by atoms with E-state index in [1.165, 1.54) is 30.2 Å². The molecule has 0 spiro atoms. The number of halogens is 1. The predicted octanol–water partition coefficient (Wildman–Crippen LogP) is 2.76. The quantitative estimate of drug-likeness (QED) is 0.484. The summed E-state index contributed by atoms with van der Waals surface area (Å²) in [4.78, 5) is 23.0. The highest BCUT2D eigenvalue weighted by Crippen LogP contribution is 2.24. The number of rotatable bonds is 5. The van der Waals surface area contributed by atoms with Crippen molar-refractivity contribution in [1.29, 1.82) is 0 Å². The van der Waals surface area contributed by atoms with Crippen LogP contribution in [0.2, 0.25) is 0 Å². The molecule has 3 heterocycles. The minimum absolute atomic E-state index is 0.127. The molecule has 0 aliphatic carbocycles. The fourth-order valence-electron chi connectivity index (χ4n) is 3.23. The molecule has 4 rings (SSSR count). The lowest BCUT2D eigenvalue weighted by molar-refractivity contribution is -0.129. The number of piperidine rings is 1. The third-order valence-electron chi connectivity index (χ3n) is 4.98. The first-order chi connectivity index (χ1) is 13.6. The number of aromatic nitrogens is 5. The normalized spacial score (nSPS) is 15.3. The molecule has 3 aromatic rings. The average molecular weight is 400 g/mol. The molecule has 1 aliphatic rings. The van der Waals surface area contributed by atoms with Gasteiger partial charge in [-0.15, -0.1) is 5.10 Å². The Morgan fingerprint density at radius 2 is 1.96 bits per heavy atom. The van der Waals surface area contributed by atoms with Gasteiger partial charge >= 0.3 is 0 Å². The molecular formula is C19H21FN6OS.